The van der Waals surface area contributed by atoms with Gasteiger partial charge in [-0.3, -0.25) is 4.90 Å². The monoisotopic (exact) mass is 216 g/mol. The summed E-state index contributed by atoms with van der Waals surface area (Å²) in [6.45, 7) is 4.64. The highest BCUT2D eigenvalue weighted by Crippen LogP contribution is 2.40. The summed E-state index contributed by atoms with van der Waals surface area (Å²) in [5.41, 5.74) is 10.1. The quantitative estimate of drug-likeness (QED) is 0.731. The molecule has 0 atom stereocenters. The van der Waals surface area contributed by atoms with Gasteiger partial charge in [0, 0.05) is 24.3 Å². The molecule has 3 rings (SSSR count). The summed E-state index contributed by atoms with van der Waals surface area (Å²) < 4.78 is 0. The van der Waals surface area contributed by atoms with Crippen molar-refractivity contribution in [1.82, 2.24) is 4.90 Å². The average Bonchev–Trinajstić information content (AvgIpc) is 2.84. The van der Waals surface area contributed by atoms with Gasteiger partial charge in [0.1, 0.15) is 0 Å². The lowest BCUT2D eigenvalue weighted by Gasteiger charge is -2.35. The van der Waals surface area contributed by atoms with E-state index in [2.05, 4.69) is 24.0 Å². The number of fused-ring (bicyclic) bond motifs is 1. The van der Waals surface area contributed by atoms with Crippen molar-refractivity contribution in [2.24, 2.45) is 0 Å². The van der Waals surface area contributed by atoms with E-state index in [1.165, 1.54) is 36.8 Å². The summed E-state index contributed by atoms with van der Waals surface area (Å²) in [5, 5.41) is 0. The summed E-state index contributed by atoms with van der Waals surface area (Å²) in [4.78, 5) is 2.64. The van der Waals surface area contributed by atoms with Gasteiger partial charge in [-0.2, -0.15) is 0 Å². The molecular weight excluding hydrogens is 196 g/mol. The fourth-order valence-electron chi connectivity index (χ4n) is 3.25. The number of hydrogen-bond donors (Lipinski definition) is 1. The third kappa shape index (κ3) is 1.52. The van der Waals surface area contributed by atoms with E-state index >= 15 is 0 Å². The Balaban J connectivity index is 1.85. The van der Waals surface area contributed by atoms with Crippen molar-refractivity contribution in [1.29, 1.82) is 0 Å². The van der Waals surface area contributed by atoms with Gasteiger partial charge in [-0.25, -0.2) is 0 Å². The van der Waals surface area contributed by atoms with Crippen LogP contribution in [-0.4, -0.2) is 10.4 Å². The molecule has 1 saturated carbocycles. The van der Waals surface area contributed by atoms with Gasteiger partial charge in [0.15, 0.2) is 0 Å². The Morgan fingerprint density at radius 3 is 2.56 bits per heavy atom. The van der Waals surface area contributed by atoms with Crippen LogP contribution in [0.2, 0.25) is 0 Å². The van der Waals surface area contributed by atoms with Crippen molar-refractivity contribution in [3.05, 3.63) is 29.3 Å². The molecule has 0 unspecified atom stereocenters. The SMILES string of the molecule is CC1(N2Cc3ccc(N)cc3C2)CCCC1. The van der Waals surface area contributed by atoms with Crippen molar-refractivity contribution in [2.75, 3.05) is 5.73 Å². The summed E-state index contributed by atoms with van der Waals surface area (Å²) in [6, 6.07) is 6.37. The van der Waals surface area contributed by atoms with Gasteiger partial charge in [0.2, 0.25) is 0 Å². The van der Waals surface area contributed by atoms with Crippen molar-refractivity contribution < 1.29 is 0 Å². The molecular formula is C14H20N2. The van der Waals surface area contributed by atoms with Crippen LogP contribution in [0.1, 0.15) is 43.7 Å². The standard InChI is InChI=1S/C14H20N2/c1-14(6-2-3-7-14)16-9-11-4-5-13(15)8-12(11)10-16/h4-5,8H,2-3,6-7,9-10,15H2,1H3. The van der Waals surface area contributed by atoms with E-state index < -0.39 is 0 Å². The average molecular weight is 216 g/mol. The second-order valence-corrected chi connectivity index (χ2v) is 5.59. The van der Waals surface area contributed by atoms with Crippen LogP contribution in [0.15, 0.2) is 18.2 Å². The van der Waals surface area contributed by atoms with Crippen LogP contribution in [-0.2, 0) is 13.1 Å². The van der Waals surface area contributed by atoms with E-state index in [1.807, 2.05) is 6.07 Å². The maximum atomic E-state index is 5.84. The maximum Gasteiger partial charge on any atom is 0.0317 e. The smallest absolute Gasteiger partial charge is 0.0317 e. The molecule has 2 heteroatoms. The molecule has 0 saturated heterocycles. The Labute approximate surface area is 97.4 Å². The lowest BCUT2D eigenvalue weighted by Crippen LogP contribution is -2.40. The fourth-order valence-corrected chi connectivity index (χ4v) is 3.25. The number of rotatable bonds is 1. The highest BCUT2D eigenvalue weighted by atomic mass is 15.2. The molecule has 0 amide bonds. The zero-order valence-electron chi connectivity index (χ0n) is 10.00. The summed E-state index contributed by atoms with van der Waals surface area (Å²) in [7, 11) is 0. The Kier molecular flexibility index (Phi) is 2.21. The molecule has 0 spiro atoms. The number of nitrogens with zero attached hydrogens (tertiary/aromatic N) is 1. The van der Waals surface area contributed by atoms with Crippen LogP contribution in [0.3, 0.4) is 0 Å². The van der Waals surface area contributed by atoms with Gasteiger partial charge in [0.25, 0.3) is 0 Å². The predicted molar refractivity (Wildman–Crippen MR) is 67.0 cm³/mol. The largest absolute Gasteiger partial charge is 0.399 e. The molecule has 1 aliphatic carbocycles. The lowest BCUT2D eigenvalue weighted by molar-refractivity contribution is 0.107. The van der Waals surface area contributed by atoms with E-state index in [-0.39, 0.29) is 0 Å². The zero-order chi connectivity index (χ0) is 11.2. The first-order valence-electron chi connectivity index (χ1n) is 6.30. The minimum absolute atomic E-state index is 0.438. The Hall–Kier alpha value is -1.02. The molecule has 0 aromatic heterocycles. The number of nitrogens with two attached hydrogens (primary N) is 1. The molecule has 1 aromatic carbocycles. The normalized spacial score (nSPS) is 23.6. The van der Waals surface area contributed by atoms with Crippen molar-refractivity contribution >= 4 is 5.69 Å². The van der Waals surface area contributed by atoms with Crippen LogP contribution in [0.4, 0.5) is 5.69 Å². The minimum atomic E-state index is 0.438. The first kappa shape index (κ1) is 10.2. The molecule has 1 fully saturated rings. The van der Waals surface area contributed by atoms with Crippen molar-refractivity contribution in [3.63, 3.8) is 0 Å². The lowest BCUT2D eigenvalue weighted by atomic mass is 9.98. The Morgan fingerprint density at radius 2 is 1.81 bits per heavy atom. The first-order chi connectivity index (χ1) is 7.67. The van der Waals surface area contributed by atoms with Crippen molar-refractivity contribution in [3.8, 4) is 0 Å². The molecule has 2 nitrogen and oxygen atoms in total. The summed E-state index contributed by atoms with van der Waals surface area (Å²) >= 11 is 0. The Bertz CT molecular complexity index is 405. The first-order valence-corrected chi connectivity index (χ1v) is 6.30. The molecule has 1 aromatic rings. The number of hydrogen-bond acceptors (Lipinski definition) is 2. The van der Waals surface area contributed by atoms with Gasteiger partial charge in [0.05, 0.1) is 0 Å². The van der Waals surface area contributed by atoms with Crippen LogP contribution >= 0.6 is 0 Å². The highest BCUT2D eigenvalue weighted by Gasteiger charge is 2.37. The maximum absolute atomic E-state index is 5.84. The summed E-state index contributed by atoms with van der Waals surface area (Å²) in [6.07, 6.45) is 5.50. The molecule has 1 aliphatic heterocycles. The third-order valence-electron chi connectivity index (χ3n) is 4.40. The molecule has 2 aliphatic rings. The highest BCUT2D eigenvalue weighted by molar-refractivity contribution is 5.46. The van der Waals surface area contributed by atoms with E-state index in [1.54, 1.807) is 0 Å². The van der Waals surface area contributed by atoms with Gasteiger partial charge in [-0.15, -0.1) is 0 Å². The topological polar surface area (TPSA) is 29.3 Å². The van der Waals surface area contributed by atoms with Gasteiger partial charge < -0.3 is 5.73 Å². The summed E-state index contributed by atoms with van der Waals surface area (Å²) in [5.74, 6) is 0. The molecule has 0 bridgehead atoms. The van der Waals surface area contributed by atoms with Gasteiger partial charge in [-0.1, -0.05) is 18.9 Å². The number of benzene rings is 1. The molecule has 86 valence electrons. The second-order valence-electron chi connectivity index (χ2n) is 5.59. The molecule has 2 N–H and O–H groups in total. The second kappa shape index (κ2) is 3.49. The molecule has 16 heavy (non-hydrogen) atoms. The molecule has 0 radical (unpaired) electrons. The van der Waals surface area contributed by atoms with E-state index in [0.717, 1.165) is 18.8 Å². The zero-order valence-corrected chi connectivity index (χ0v) is 10.00. The molecule has 1 heterocycles. The van der Waals surface area contributed by atoms with Crippen LogP contribution in [0.5, 0.6) is 0 Å². The van der Waals surface area contributed by atoms with E-state index in [4.69, 9.17) is 5.73 Å². The van der Waals surface area contributed by atoms with Gasteiger partial charge >= 0.3 is 0 Å². The van der Waals surface area contributed by atoms with Gasteiger partial charge in [-0.05, 0) is 43.0 Å². The van der Waals surface area contributed by atoms with Crippen LogP contribution < -0.4 is 5.73 Å². The van der Waals surface area contributed by atoms with Crippen LogP contribution in [0.25, 0.3) is 0 Å². The van der Waals surface area contributed by atoms with Crippen LogP contribution in [0, 0.1) is 0 Å². The third-order valence-corrected chi connectivity index (χ3v) is 4.40. The van der Waals surface area contributed by atoms with Crippen molar-refractivity contribution in [2.45, 2.75) is 51.2 Å². The Morgan fingerprint density at radius 1 is 1.12 bits per heavy atom. The number of anilines is 1. The minimum Gasteiger partial charge on any atom is -0.399 e. The van der Waals surface area contributed by atoms with E-state index in [9.17, 15) is 0 Å². The van der Waals surface area contributed by atoms with E-state index in [0.29, 0.717) is 5.54 Å². The predicted octanol–water partition coefficient (Wildman–Crippen LogP) is 2.92. The number of nitrogen functional groups attached to an aromatic ring is 1. The fraction of sp³-hybridized carbons (Fsp3) is 0.571.